The van der Waals surface area contributed by atoms with Gasteiger partial charge in [0.25, 0.3) is 0 Å². The van der Waals surface area contributed by atoms with Gasteiger partial charge < -0.3 is 9.64 Å². The first kappa shape index (κ1) is 21.6. The summed E-state index contributed by atoms with van der Waals surface area (Å²) in [5, 5.41) is 6.12. The maximum atomic E-state index is 6.55. The van der Waals surface area contributed by atoms with Crippen LogP contribution in [0.2, 0.25) is 10.0 Å². The molecular formula is C23H23Cl2N5O. The molecule has 0 atom stereocenters. The van der Waals surface area contributed by atoms with Gasteiger partial charge in [-0.2, -0.15) is 14.6 Å². The van der Waals surface area contributed by atoms with Crippen LogP contribution in [-0.2, 0) is 6.54 Å². The third-order valence-electron chi connectivity index (χ3n) is 4.56. The molecule has 0 saturated carbocycles. The summed E-state index contributed by atoms with van der Waals surface area (Å²) in [6, 6.07) is 15.6. The van der Waals surface area contributed by atoms with Crippen LogP contribution in [0.1, 0.15) is 19.7 Å². The predicted molar refractivity (Wildman–Crippen MR) is 125 cm³/mol. The maximum Gasteiger partial charge on any atom is 0.321 e. The van der Waals surface area contributed by atoms with Gasteiger partial charge in [0.1, 0.15) is 5.69 Å². The molecule has 0 unspecified atom stereocenters. The highest BCUT2D eigenvalue weighted by Gasteiger charge is 2.23. The number of aromatic nitrogens is 4. The second-order valence-corrected chi connectivity index (χ2v) is 8.62. The minimum Gasteiger partial charge on any atom is -0.461 e. The molecule has 0 amide bonds. The lowest BCUT2D eigenvalue weighted by Crippen LogP contribution is -2.17. The normalized spacial score (nSPS) is 11.6. The molecule has 0 fully saturated rings. The third kappa shape index (κ3) is 4.51. The number of nitrogens with zero attached hydrogens (tertiary/aromatic N) is 5. The molecule has 160 valence electrons. The number of halogens is 2. The lowest BCUT2D eigenvalue weighted by Gasteiger charge is -2.13. The second kappa shape index (κ2) is 8.83. The summed E-state index contributed by atoms with van der Waals surface area (Å²) < 4.78 is 7.67. The van der Waals surface area contributed by atoms with E-state index >= 15 is 0 Å². The van der Waals surface area contributed by atoms with Crippen molar-refractivity contribution >= 4 is 28.8 Å². The molecule has 4 aromatic rings. The molecule has 2 aromatic carbocycles. The number of hydrogen-bond acceptors (Lipinski definition) is 5. The van der Waals surface area contributed by atoms with Crippen LogP contribution in [-0.4, -0.2) is 44.7 Å². The second-order valence-electron chi connectivity index (χ2n) is 7.77. The SMILES string of the molecule is CC(C)Oc1nc(CN(C)C)nc2c(-c3ccc(Cl)cc3)c(-c3ccccc3Cl)nn12. The van der Waals surface area contributed by atoms with Crippen LogP contribution in [0.25, 0.3) is 28.0 Å². The minimum absolute atomic E-state index is 0.0720. The van der Waals surface area contributed by atoms with Crippen molar-refractivity contribution in [2.45, 2.75) is 26.5 Å². The highest BCUT2D eigenvalue weighted by atomic mass is 35.5. The van der Waals surface area contributed by atoms with Crippen LogP contribution >= 0.6 is 23.2 Å². The standard InChI is InChI=1S/C23H23Cl2N5O/c1-14(2)31-23-27-19(13-29(3)4)26-22-20(15-9-11-16(24)12-10-15)21(28-30(22)23)17-7-5-6-8-18(17)25/h5-12,14H,13H2,1-4H3. The van der Waals surface area contributed by atoms with Crippen LogP contribution in [0.3, 0.4) is 0 Å². The van der Waals surface area contributed by atoms with Gasteiger partial charge in [0, 0.05) is 10.6 Å². The zero-order valence-corrected chi connectivity index (χ0v) is 19.3. The molecule has 0 bridgehead atoms. The van der Waals surface area contributed by atoms with Gasteiger partial charge in [0.05, 0.1) is 23.2 Å². The monoisotopic (exact) mass is 455 g/mol. The summed E-state index contributed by atoms with van der Waals surface area (Å²) in [7, 11) is 3.95. The van der Waals surface area contributed by atoms with E-state index in [0.29, 0.717) is 39.8 Å². The van der Waals surface area contributed by atoms with E-state index in [1.54, 1.807) is 4.52 Å². The summed E-state index contributed by atoms with van der Waals surface area (Å²) >= 11 is 12.7. The fraction of sp³-hybridized carbons (Fsp3) is 0.261. The molecule has 0 spiro atoms. The Morgan fingerprint density at radius 3 is 2.35 bits per heavy atom. The van der Waals surface area contributed by atoms with E-state index in [0.717, 1.165) is 16.7 Å². The van der Waals surface area contributed by atoms with Gasteiger partial charge in [0.15, 0.2) is 11.5 Å². The summed E-state index contributed by atoms with van der Waals surface area (Å²) in [6.07, 6.45) is -0.0720. The third-order valence-corrected chi connectivity index (χ3v) is 5.14. The first-order valence-corrected chi connectivity index (χ1v) is 10.7. The molecule has 0 radical (unpaired) electrons. The van der Waals surface area contributed by atoms with Crippen molar-refractivity contribution in [1.29, 1.82) is 0 Å². The van der Waals surface area contributed by atoms with Gasteiger partial charge in [-0.3, -0.25) is 0 Å². The van der Waals surface area contributed by atoms with Crippen molar-refractivity contribution in [1.82, 2.24) is 24.5 Å². The highest BCUT2D eigenvalue weighted by Crippen LogP contribution is 2.38. The van der Waals surface area contributed by atoms with Crippen molar-refractivity contribution in [3.63, 3.8) is 0 Å². The van der Waals surface area contributed by atoms with Crippen molar-refractivity contribution in [3.05, 3.63) is 64.4 Å². The van der Waals surface area contributed by atoms with Gasteiger partial charge in [-0.1, -0.05) is 53.5 Å². The van der Waals surface area contributed by atoms with Gasteiger partial charge in [-0.05, 0) is 51.7 Å². The van der Waals surface area contributed by atoms with Gasteiger partial charge in [-0.25, -0.2) is 4.98 Å². The van der Waals surface area contributed by atoms with E-state index < -0.39 is 0 Å². The number of hydrogen-bond donors (Lipinski definition) is 0. The Morgan fingerprint density at radius 2 is 1.71 bits per heavy atom. The molecule has 6 nitrogen and oxygen atoms in total. The van der Waals surface area contributed by atoms with Crippen LogP contribution in [0.4, 0.5) is 0 Å². The fourth-order valence-corrected chi connectivity index (χ4v) is 3.67. The van der Waals surface area contributed by atoms with E-state index in [1.807, 2.05) is 81.4 Å². The zero-order valence-electron chi connectivity index (χ0n) is 17.8. The number of fused-ring (bicyclic) bond motifs is 1. The van der Waals surface area contributed by atoms with Crippen LogP contribution < -0.4 is 4.74 Å². The van der Waals surface area contributed by atoms with E-state index in [2.05, 4.69) is 4.98 Å². The Hall–Kier alpha value is -2.67. The summed E-state index contributed by atoms with van der Waals surface area (Å²) in [6.45, 7) is 4.48. The molecular weight excluding hydrogens is 433 g/mol. The van der Waals surface area contributed by atoms with Gasteiger partial charge in [0.2, 0.25) is 0 Å². The van der Waals surface area contributed by atoms with E-state index in [4.69, 9.17) is 38.0 Å². The highest BCUT2D eigenvalue weighted by molar-refractivity contribution is 6.33. The van der Waals surface area contributed by atoms with Crippen LogP contribution in [0.5, 0.6) is 6.01 Å². The quantitative estimate of drug-likeness (QED) is 0.377. The van der Waals surface area contributed by atoms with E-state index in [-0.39, 0.29) is 6.10 Å². The molecule has 0 saturated heterocycles. The molecule has 31 heavy (non-hydrogen) atoms. The summed E-state index contributed by atoms with van der Waals surface area (Å²) in [5.41, 5.74) is 3.95. The van der Waals surface area contributed by atoms with E-state index in [9.17, 15) is 0 Å². The topological polar surface area (TPSA) is 55.5 Å². The van der Waals surface area contributed by atoms with Crippen molar-refractivity contribution in [3.8, 4) is 28.4 Å². The average Bonchev–Trinajstić information content (AvgIpc) is 3.07. The van der Waals surface area contributed by atoms with Gasteiger partial charge >= 0.3 is 6.01 Å². The fourth-order valence-electron chi connectivity index (χ4n) is 3.32. The van der Waals surface area contributed by atoms with Crippen LogP contribution in [0, 0.1) is 0 Å². The number of benzene rings is 2. The molecule has 2 heterocycles. The number of ether oxygens (including phenoxy) is 1. The van der Waals surface area contributed by atoms with Crippen molar-refractivity contribution < 1.29 is 4.74 Å². The minimum atomic E-state index is -0.0720. The summed E-state index contributed by atoms with van der Waals surface area (Å²) in [4.78, 5) is 11.5. The first-order chi connectivity index (χ1) is 14.8. The maximum absolute atomic E-state index is 6.55. The Labute approximate surface area is 191 Å². The average molecular weight is 456 g/mol. The zero-order chi connectivity index (χ0) is 22.1. The Morgan fingerprint density at radius 1 is 1.00 bits per heavy atom. The molecule has 2 aromatic heterocycles. The van der Waals surface area contributed by atoms with Gasteiger partial charge in [-0.15, -0.1) is 0 Å². The Bertz CT molecular complexity index is 1220. The molecule has 0 aliphatic heterocycles. The summed E-state index contributed by atoms with van der Waals surface area (Å²) in [5.74, 6) is 0.647. The molecule has 8 heteroatoms. The van der Waals surface area contributed by atoms with Crippen molar-refractivity contribution in [2.75, 3.05) is 14.1 Å². The molecule has 0 aliphatic carbocycles. The van der Waals surface area contributed by atoms with Crippen molar-refractivity contribution in [2.24, 2.45) is 0 Å². The van der Waals surface area contributed by atoms with Crippen LogP contribution in [0.15, 0.2) is 48.5 Å². The largest absolute Gasteiger partial charge is 0.461 e. The molecule has 0 N–H and O–H groups in total. The Kier molecular flexibility index (Phi) is 6.14. The Balaban J connectivity index is 2.07. The number of rotatable bonds is 6. The molecule has 0 aliphatic rings. The predicted octanol–water partition coefficient (Wildman–Crippen LogP) is 5.61. The smallest absolute Gasteiger partial charge is 0.321 e. The molecule has 4 rings (SSSR count). The first-order valence-electron chi connectivity index (χ1n) is 9.95. The lowest BCUT2D eigenvalue weighted by molar-refractivity contribution is 0.213. The lowest BCUT2D eigenvalue weighted by atomic mass is 10.0. The van der Waals surface area contributed by atoms with E-state index in [1.165, 1.54) is 0 Å².